The summed E-state index contributed by atoms with van der Waals surface area (Å²) in [7, 11) is 1.47. The van der Waals surface area contributed by atoms with Crippen molar-refractivity contribution < 1.29 is 14.3 Å². The van der Waals surface area contributed by atoms with Gasteiger partial charge in [0.2, 0.25) is 0 Å². The molecule has 3 nitrogen and oxygen atoms in total. The van der Waals surface area contributed by atoms with Crippen LogP contribution in [0.1, 0.15) is 34.1 Å². The first-order valence-electron chi connectivity index (χ1n) is 4.84. The number of hydrogen-bond donors (Lipinski definition) is 0. The molecule has 0 amide bonds. The van der Waals surface area contributed by atoms with E-state index in [1.807, 2.05) is 0 Å². The van der Waals surface area contributed by atoms with Crippen molar-refractivity contribution in [2.45, 2.75) is 13.3 Å². The highest BCUT2D eigenvalue weighted by Crippen LogP contribution is 2.08. The highest BCUT2D eigenvalue weighted by atomic mass is 16.5. The minimum Gasteiger partial charge on any atom is -0.377 e. The topological polar surface area (TPSA) is 43.4 Å². The SMILES string of the molecule is CCC(=O)c1cccc(C(=O)COC)c1. The standard InChI is InChI=1S/C12H14O3/c1-3-11(13)9-5-4-6-10(7-9)12(14)8-15-2/h4-7H,3,8H2,1-2H3. The van der Waals surface area contributed by atoms with Crippen molar-refractivity contribution in [3.05, 3.63) is 35.4 Å². The molecule has 80 valence electrons. The predicted octanol–water partition coefficient (Wildman–Crippen LogP) is 2.11. The van der Waals surface area contributed by atoms with Crippen LogP contribution in [0.2, 0.25) is 0 Å². The van der Waals surface area contributed by atoms with E-state index in [1.165, 1.54) is 7.11 Å². The molecule has 0 aliphatic rings. The van der Waals surface area contributed by atoms with Gasteiger partial charge in [-0.1, -0.05) is 25.1 Å². The maximum absolute atomic E-state index is 11.5. The minimum absolute atomic E-state index is 0.0436. The molecule has 15 heavy (non-hydrogen) atoms. The highest BCUT2D eigenvalue weighted by molar-refractivity contribution is 6.01. The summed E-state index contributed by atoms with van der Waals surface area (Å²) < 4.78 is 4.75. The molecule has 0 aromatic heterocycles. The second-order valence-electron chi connectivity index (χ2n) is 3.21. The summed E-state index contributed by atoms with van der Waals surface area (Å²) in [4.78, 5) is 22.9. The third-order valence-electron chi connectivity index (χ3n) is 2.10. The van der Waals surface area contributed by atoms with Crippen LogP contribution in [-0.2, 0) is 4.74 Å². The number of Topliss-reactive ketones (excluding diaryl/α,β-unsaturated/α-hetero) is 2. The van der Waals surface area contributed by atoms with Crippen molar-refractivity contribution in [1.82, 2.24) is 0 Å². The van der Waals surface area contributed by atoms with Gasteiger partial charge in [0.25, 0.3) is 0 Å². The zero-order valence-corrected chi connectivity index (χ0v) is 8.95. The Labute approximate surface area is 89.1 Å². The Morgan fingerprint density at radius 1 is 1.20 bits per heavy atom. The Balaban J connectivity index is 2.92. The lowest BCUT2D eigenvalue weighted by molar-refractivity contribution is 0.0848. The summed E-state index contributed by atoms with van der Waals surface area (Å²) in [6.07, 6.45) is 0.446. The molecule has 0 unspecified atom stereocenters. The molecule has 3 heteroatoms. The predicted molar refractivity (Wildman–Crippen MR) is 57.3 cm³/mol. The molecule has 0 N–H and O–H groups in total. The summed E-state index contributed by atoms with van der Waals surface area (Å²) >= 11 is 0. The zero-order valence-electron chi connectivity index (χ0n) is 8.95. The number of rotatable bonds is 5. The van der Waals surface area contributed by atoms with E-state index in [4.69, 9.17) is 4.74 Å². The van der Waals surface area contributed by atoms with Gasteiger partial charge in [0, 0.05) is 24.7 Å². The molecule has 0 heterocycles. The first-order valence-corrected chi connectivity index (χ1v) is 4.84. The molecule has 1 aromatic carbocycles. The molecule has 0 atom stereocenters. The first-order chi connectivity index (χ1) is 7.19. The summed E-state index contributed by atoms with van der Waals surface area (Å²) in [6, 6.07) is 6.74. The lowest BCUT2D eigenvalue weighted by atomic mass is 10.0. The molecule has 0 aliphatic carbocycles. The Hall–Kier alpha value is -1.48. The van der Waals surface area contributed by atoms with Crippen LogP contribution in [0.5, 0.6) is 0 Å². The normalized spacial score (nSPS) is 10.0. The molecule has 0 spiro atoms. The van der Waals surface area contributed by atoms with Crippen LogP contribution in [0.4, 0.5) is 0 Å². The van der Waals surface area contributed by atoms with E-state index in [0.717, 1.165) is 0 Å². The van der Waals surface area contributed by atoms with E-state index in [9.17, 15) is 9.59 Å². The number of carbonyl (C=O) groups is 2. The number of carbonyl (C=O) groups excluding carboxylic acids is 2. The lowest BCUT2D eigenvalue weighted by Crippen LogP contribution is -2.08. The van der Waals surface area contributed by atoms with Crippen LogP contribution in [0.3, 0.4) is 0 Å². The smallest absolute Gasteiger partial charge is 0.188 e. The van der Waals surface area contributed by atoms with Crippen LogP contribution in [-0.4, -0.2) is 25.3 Å². The number of ketones is 2. The van der Waals surface area contributed by atoms with Crippen LogP contribution in [0, 0.1) is 0 Å². The average molecular weight is 206 g/mol. The third-order valence-corrected chi connectivity index (χ3v) is 2.10. The van der Waals surface area contributed by atoms with E-state index in [0.29, 0.717) is 17.5 Å². The van der Waals surface area contributed by atoms with Gasteiger partial charge in [-0.3, -0.25) is 9.59 Å². The van der Waals surface area contributed by atoms with Crippen molar-refractivity contribution in [2.75, 3.05) is 13.7 Å². The van der Waals surface area contributed by atoms with Gasteiger partial charge < -0.3 is 4.74 Å². The van der Waals surface area contributed by atoms with Crippen molar-refractivity contribution in [1.29, 1.82) is 0 Å². The minimum atomic E-state index is -0.108. The van der Waals surface area contributed by atoms with Gasteiger partial charge in [-0.25, -0.2) is 0 Å². The quantitative estimate of drug-likeness (QED) is 0.693. The Kier molecular flexibility index (Phi) is 4.18. The fourth-order valence-electron chi connectivity index (χ4n) is 1.28. The van der Waals surface area contributed by atoms with E-state index in [-0.39, 0.29) is 18.2 Å². The fraction of sp³-hybridized carbons (Fsp3) is 0.333. The molecular weight excluding hydrogens is 192 g/mol. The number of ether oxygens (including phenoxy) is 1. The van der Waals surface area contributed by atoms with Crippen LogP contribution >= 0.6 is 0 Å². The van der Waals surface area contributed by atoms with E-state index < -0.39 is 0 Å². The number of hydrogen-bond acceptors (Lipinski definition) is 3. The van der Waals surface area contributed by atoms with E-state index in [1.54, 1.807) is 31.2 Å². The number of methoxy groups -OCH3 is 1. The molecule has 0 saturated heterocycles. The lowest BCUT2D eigenvalue weighted by Gasteiger charge is -2.02. The van der Waals surface area contributed by atoms with E-state index >= 15 is 0 Å². The number of benzene rings is 1. The fourth-order valence-corrected chi connectivity index (χ4v) is 1.28. The largest absolute Gasteiger partial charge is 0.377 e. The Morgan fingerprint density at radius 3 is 2.33 bits per heavy atom. The second-order valence-corrected chi connectivity index (χ2v) is 3.21. The van der Waals surface area contributed by atoms with Crippen molar-refractivity contribution in [2.24, 2.45) is 0 Å². The molecule has 0 bridgehead atoms. The van der Waals surface area contributed by atoms with Gasteiger partial charge in [-0.05, 0) is 6.07 Å². The van der Waals surface area contributed by atoms with Gasteiger partial charge in [0.1, 0.15) is 6.61 Å². The first kappa shape index (κ1) is 11.6. The zero-order chi connectivity index (χ0) is 11.3. The molecule has 0 aliphatic heterocycles. The van der Waals surface area contributed by atoms with Gasteiger partial charge in [0.05, 0.1) is 0 Å². The van der Waals surface area contributed by atoms with Crippen LogP contribution < -0.4 is 0 Å². The van der Waals surface area contributed by atoms with Crippen LogP contribution in [0.25, 0.3) is 0 Å². The summed E-state index contributed by atoms with van der Waals surface area (Å²) in [5, 5.41) is 0. The second kappa shape index (κ2) is 5.41. The van der Waals surface area contributed by atoms with Crippen LogP contribution in [0.15, 0.2) is 24.3 Å². The van der Waals surface area contributed by atoms with Gasteiger partial charge in [-0.15, -0.1) is 0 Å². The third kappa shape index (κ3) is 2.99. The summed E-state index contributed by atoms with van der Waals surface area (Å²) in [5.74, 6) is -0.0645. The van der Waals surface area contributed by atoms with Crippen molar-refractivity contribution >= 4 is 11.6 Å². The van der Waals surface area contributed by atoms with Crippen molar-refractivity contribution in [3.8, 4) is 0 Å². The van der Waals surface area contributed by atoms with E-state index in [2.05, 4.69) is 0 Å². The summed E-state index contributed by atoms with van der Waals surface area (Å²) in [6.45, 7) is 1.84. The molecule has 1 aromatic rings. The maximum Gasteiger partial charge on any atom is 0.188 e. The average Bonchev–Trinajstić information content (AvgIpc) is 2.28. The molecule has 1 rings (SSSR count). The maximum atomic E-state index is 11.5. The molecule has 0 saturated carbocycles. The Morgan fingerprint density at radius 2 is 1.80 bits per heavy atom. The monoisotopic (exact) mass is 206 g/mol. The van der Waals surface area contributed by atoms with Crippen molar-refractivity contribution in [3.63, 3.8) is 0 Å². The molecule has 0 radical (unpaired) electrons. The molecule has 0 fully saturated rings. The van der Waals surface area contributed by atoms with Gasteiger partial charge in [0.15, 0.2) is 11.6 Å². The summed E-state index contributed by atoms with van der Waals surface area (Å²) in [5.41, 5.74) is 1.11. The van der Waals surface area contributed by atoms with Gasteiger partial charge >= 0.3 is 0 Å². The molecular formula is C12H14O3. The van der Waals surface area contributed by atoms with Gasteiger partial charge in [-0.2, -0.15) is 0 Å². The Bertz CT molecular complexity index is 369. The highest BCUT2D eigenvalue weighted by Gasteiger charge is 2.08.